The molecule has 1 spiro atoms. The van der Waals surface area contributed by atoms with E-state index in [9.17, 15) is 14.0 Å². The highest BCUT2D eigenvalue weighted by Gasteiger charge is 2.64. The molecule has 0 bridgehead atoms. The number of halogens is 1. The number of aryl methyl sites for hydroxylation is 2. The minimum absolute atomic E-state index is 0.0194. The molecule has 2 aliphatic rings. The van der Waals surface area contributed by atoms with E-state index in [0.29, 0.717) is 34.7 Å². The number of benzene rings is 4. The smallest absolute Gasteiger partial charge is 0.291 e. The van der Waals surface area contributed by atoms with Crippen molar-refractivity contribution in [3.63, 3.8) is 0 Å². The van der Waals surface area contributed by atoms with Gasteiger partial charge in [-0.15, -0.1) is 0 Å². The predicted octanol–water partition coefficient (Wildman–Crippen LogP) is 6.06. The van der Waals surface area contributed by atoms with E-state index >= 15 is 4.79 Å². The predicted molar refractivity (Wildman–Crippen MR) is 171 cm³/mol. The van der Waals surface area contributed by atoms with E-state index in [4.69, 9.17) is 13.9 Å². The Labute approximate surface area is 264 Å². The first-order valence-corrected chi connectivity index (χ1v) is 15.0. The maximum Gasteiger partial charge on any atom is 0.291 e. The Kier molecular flexibility index (Phi) is 6.92. The lowest BCUT2D eigenvalue weighted by atomic mass is 9.83. The summed E-state index contributed by atoms with van der Waals surface area (Å²) in [6.45, 7) is 3.77. The molecule has 0 saturated carbocycles. The second-order valence-electron chi connectivity index (χ2n) is 11.7. The minimum Gasteiger partial charge on any atom is -0.493 e. The molecule has 46 heavy (non-hydrogen) atoms. The topological polar surface area (TPSA) is 89.3 Å². The summed E-state index contributed by atoms with van der Waals surface area (Å²) in [7, 11) is 3.09. The van der Waals surface area contributed by atoms with Gasteiger partial charge in [0.25, 0.3) is 11.8 Å². The van der Waals surface area contributed by atoms with Crippen LogP contribution >= 0.6 is 0 Å². The van der Waals surface area contributed by atoms with Crippen molar-refractivity contribution in [2.75, 3.05) is 25.7 Å². The quantitative estimate of drug-likeness (QED) is 0.221. The number of methoxy groups -OCH3 is 2. The van der Waals surface area contributed by atoms with Crippen LogP contribution in [0.5, 0.6) is 11.5 Å². The van der Waals surface area contributed by atoms with Crippen LogP contribution in [0.1, 0.15) is 43.9 Å². The molecule has 4 aromatic carbocycles. The van der Waals surface area contributed by atoms with Crippen molar-refractivity contribution < 1.29 is 27.9 Å². The maximum absolute atomic E-state index is 15.0. The van der Waals surface area contributed by atoms with Crippen molar-refractivity contribution in [2.45, 2.75) is 32.4 Å². The van der Waals surface area contributed by atoms with Gasteiger partial charge in [0.2, 0.25) is 5.76 Å². The second-order valence-corrected chi connectivity index (χ2v) is 11.7. The summed E-state index contributed by atoms with van der Waals surface area (Å²) in [6, 6.07) is 22.2. The summed E-state index contributed by atoms with van der Waals surface area (Å²) < 4.78 is 32.1. The monoisotopic (exact) mass is 618 g/mol. The van der Waals surface area contributed by atoms with Gasteiger partial charge >= 0.3 is 0 Å². The van der Waals surface area contributed by atoms with Gasteiger partial charge in [0.05, 0.1) is 37.4 Å². The number of ether oxygens (including phenoxy) is 2. The molecule has 0 fully saturated rings. The fourth-order valence-corrected chi connectivity index (χ4v) is 6.78. The lowest BCUT2D eigenvalue weighted by molar-refractivity contribution is -0.126. The van der Waals surface area contributed by atoms with Crippen LogP contribution in [0.4, 0.5) is 10.1 Å². The van der Waals surface area contributed by atoms with Gasteiger partial charge in [-0.2, -0.15) is 0 Å². The second kappa shape index (κ2) is 10.9. The highest BCUT2D eigenvalue weighted by molar-refractivity contribution is 6.17. The SMILES string of the molecule is COc1ccc(CCN2C(=O)c3oc4cc(C)c(C)cc4c(=O)c3C23C(=O)N(Cc2ccccc2F)c2ccccc23)cc1OC. The number of hydrogen-bond acceptors (Lipinski definition) is 6. The number of para-hydroxylation sites is 1. The number of anilines is 1. The molecule has 1 atom stereocenters. The molecular formula is C37H31FN2O6. The summed E-state index contributed by atoms with van der Waals surface area (Å²) >= 11 is 0. The first kappa shape index (κ1) is 29.3. The van der Waals surface area contributed by atoms with E-state index in [-0.39, 0.29) is 35.4 Å². The van der Waals surface area contributed by atoms with Gasteiger partial charge in [0.1, 0.15) is 11.4 Å². The van der Waals surface area contributed by atoms with Crippen molar-refractivity contribution in [1.29, 1.82) is 0 Å². The summed E-state index contributed by atoms with van der Waals surface area (Å²) in [5.41, 5.74) is 1.86. The van der Waals surface area contributed by atoms with Gasteiger partial charge in [0, 0.05) is 17.7 Å². The molecular weight excluding hydrogens is 587 g/mol. The number of hydrogen-bond donors (Lipinski definition) is 0. The van der Waals surface area contributed by atoms with E-state index in [1.807, 2.05) is 26.0 Å². The minimum atomic E-state index is -1.82. The van der Waals surface area contributed by atoms with E-state index in [1.54, 1.807) is 74.9 Å². The molecule has 5 aromatic rings. The standard InChI is InChI=1S/C37H31FN2O6/c1-21-17-25-30(18-22(21)2)46-34-32(33(25)41)37(40(35(34)42)16-15-23-13-14-29(44-3)31(19-23)45-4)26-10-6-8-12-28(26)39(36(37)43)20-24-9-5-7-11-27(24)38/h5-14,17-19H,15-16,20H2,1-4H3. The van der Waals surface area contributed by atoms with Crippen LogP contribution in [0.15, 0.2) is 88.1 Å². The highest BCUT2D eigenvalue weighted by Crippen LogP contribution is 2.53. The lowest BCUT2D eigenvalue weighted by Crippen LogP contribution is -2.53. The molecule has 232 valence electrons. The van der Waals surface area contributed by atoms with Crippen molar-refractivity contribution in [1.82, 2.24) is 4.90 Å². The Balaban J connectivity index is 1.44. The molecule has 2 aliphatic heterocycles. The average Bonchev–Trinajstić information content (AvgIpc) is 3.45. The molecule has 8 nitrogen and oxygen atoms in total. The Bertz CT molecular complexity index is 2140. The third kappa shape index (κ3) is 4.14. The van der Waals surface area contributed by atoms with Crippen molar-refractivity contribution in [2.24, 2.45) is 0 Å². The maximum atomic E-state index is 15.0. The first-order chi connectivity index (χ1) is 22.2. The zero-order chi connectivity index (χ0) is 32.3. The number of amides is 2. The molecule has 2 amide bonds. The Morgan fingerprint density at radius 3 is 2.33 bits per heavy atom. The van der Waals surface area contributed by atoms with Gasteiger partial charge in [-0.05, 0) is 73.4 Å². The van der Waals surface area contributed by atoms with E-state index in [1.165, 1.54) is 15.9 Å². The Morgan fingerprint density at radius 1 is 0.848 bits per heavy atom. The molecule has 1 unspecified atom stereocenters. The molecule has 3 heterocycles. The van der Waals surface area contributed by atoms with Crippen LogP contribution in [0.25, 0.3) is 11.0 Å². The summed E-state index contributed by atoms with van der Waals surface area (Å²) in [5.74, 6) is -0.626. The lowest BCUT2D eigenvalue weighted by Gasteiger charge is -2.34. The average molecular weight is 619 g/mol. The van der Waals surface area contributed by atoms with E-state index in [2.05, 4.69) is 0 Å². The van der Waals surface area contributed by atoms with Crippen LogP contribution in [0, 0.1) is 19.7 Å². The fraction of sp³-hybridized carbons (Fsp3) is 0.216. The molecule has 1 aromatic heterocycles. The Morgan fingerprint density at radius 2 is 1.57 bits per heavy atom. The van der Waals surface area contributed by atoms with Crippen molar-refractivity contribution >= 4 is 28.5 Å². The molecule has 0 N–H and O–H groups in total. The summed E-state index contributed by atoms with van der Waals surface area (Å²) in [6.07, 6.45) is 0.330. The summed E-state index contributed by atoms with van der Waals surface area (Å²) in [5, 5.41) is 0.286. The number of rotatable bonds is 7. The molecule has 9 heteroatoms. The van der Waals surface area contributed by atoms with Crippen LogP contribution in [0.2, 0.25) is 0 Å². The number of fused-ring (bicyclic) bond motifs is 5. The highest BCUT2D eigenvalue weighted by atomic mass is 19.1. The number of carbonyl (C=O) groups excluding carboxylic acids is 2. The van der Waals surface area contributed by atoms with E-state index < -0.39 is 28.6 Å². The van der Waals surface area contributed by atoms with Gasteiger partial charge in [0.15, 0.2) is 22.5 Å². The normalized spacial score (nSPS) is 16.8. The first-order valence-electron chi connectivity index (χ1n) is 15.0. The molecule has 7 rings (SSSR count). The zero-order valence-corrected chi connectivity index (χ0v) is 25.8. The third-order valence-corrected chi connectivity index (χ3v) is 9.21. The Hall–Kier alpha value is -5.44. The summed E-state index contributed by atoms with van der Waals surface area (Å²) in [4.78, 5) is 46.9. The number of carbonyl (C=O) groups is 2. The van der Waals surface area contributed by atoms with Crippen LogP contribution in [0.3, 0.4) is 0 Å². The number of nitrogens with zero attached hydrogens (tertiary/aromatic N) is 2. The van der Waals surface area contributed by atoms with Gasteiger partial charge in [-0.3, -0.25) is 14.4 Å². The third-order valence-electron chi connectivity index (χ3n) is 9.21. The van der Waals surface area contributed by atoms with Crippen LogP contribution in [-0.2, 0) is 23.3 Å². The van der Waals surface area contributed by atoms with E-state index in [0.717, 1.165) is 16.7 Å². The van der Waals surface area contributed by atoms with Crippen LogP contribution in [-0.4, -0.2) is 37.5 Å². The molecule has 0 aliphatic carbocycles. The van der Waals surface area contributed by atoms with Crippen molar-refractivity contribution in [3.05, 3.63) is 134 Å². The van der Waals surface area contributed by atoms with Gasteiger partial charge in [-0.1, -0.05) is 42.5 Å². The van der Waals surface area contributed by atoms with Crippen LogP contribution < -0.4 is 19.8 Å². The van der Waals surface area contributed by atoms with Gasteiger partial charge < -0.3 is 23.7 Å². The zero-order valence-electron chi connectivity index (χ0n) is 25.8. The van der Waals surface area contributed by atoms with Gasteiger partial charge in [-0.25, -0.2) is 4.39 Å². The molecule has 0 radical (unpaired) electrons. The largest absolute Gasteiger partial charge is 0.493 e. The fourth-order valence-electron chi connectivity index (χ4n) is 6.78. The molecule has 0 saturated heterocycles. The van der Waals surface area contributed by atoms with Crippen molar-refractivity contribution in [3.8, 4) is 11.5 Å².